The van der Waals surface area contributed by atoms with Crippen molar-refractivity contribution in [2.24, 2.45) is 0 Å². The minimum atomic E-state index is -0.0212. The van der Waals surface area contributed by atoms with Crippen LogP contribution in [0.5, 0.6) is 0 Å². The van der Waals surface area contributed by atoms with Crippen molar-refractivity contribution in [3.05, 3.63) is 0 Å². The number of rotatable bonds is 4. The van der Waals surface area contributed by atoms with Gasteiger partial charge in [0, 0.05) is 0 Å². The first-order valence-corrected chi connectivity index (χ1v) is 6.05. The molecule has 0 aliphatic rings. The van der Waals surface area contributed by atoms with Crippen LogP contribution >= 0.6 is 0 Å². The molecular formula is C6H12IO2-. The van der Waals surface area contributed by atoms with Gasteiger partial charge in [-0.05, 0) is 0 Å². The number of carbonyl (C=O) groups excluding carboxylic acids is 1. The van der Waals surface area contributed by atoms with E-state index in [9.17, 15) is 4.79 Å². The second-order valence-electron chi connectivity index (χ2n) is 1.39. The summed E-state index contributed by atoms with van der Waals surface area (Å²) in [5.41, 5.74) is 0. The molecule has 0 atom stereocenters. The van der Waals surface area contributed by atoms with Crippen LogP contribution in [-0.2, 0) is 9.53 Å². The van der Waals surface area contributed by atoms with Gasteiger partial charge in [0.25, 0.3) is 0 Å². The molecule has 0 spiro atoms. The first-order chi connectivity index (χ1) is 4.31. The normalized spacial score (nSPS) is 9.56. The van der Waals surface area contributed by atoms with Gasteiger partial charge in [0.1, 0.15) is 0 Å². The quantitative estimate of drug-likeness (QED) is 0.314. The predicted octanol–water partition coefficient (Wildman–Crippen LogP) is -2.34. The van der Waals surface area contributed by atoms with Crippen molar-refractivity contribution in [1.29, 1.82) is 0 Å². The number of carbonyl (C=O) groups is 1. The van der Waals surface area contributed by atoms with Gasteiger partial charge in [0.05, 0.1) is 0 Å². The number of hydrogen-bond donors (Lipinski definition) is 0. The maximum atomic E-state index is 10.6. The number of esters is 1. The molecule has 0 fully saturated rings. The number of alkyl halides is 2. The van der Waals surface area contributed by atoms with Crippen LogP contribution in [0.25, 0.3) is 0 Å². The van der Waals surface area contributed by atoms with Gasteiger partial charge in [-0.3, -0.25) is 0 Å². The van der Waals surface area contributed by atoms with Crippen molar-refractivity contribution in [2.75, 3.05) is 15.5 Å². The standard InChI is InChI=1S/C6H12IO2/c1-3-7-5-6(8)9-4-2/h3-5H2,1-2H3/q-1. The van der Waals surface area contributed by atoms with Crippen molar-refractivity contribution in [3.8, 4) is 0 Å². The number of ether oxygens (including phenoxy) is 1. The summed E-state index contributed by atoms with van der Waals surface area (Å²) in [7, 11) is 0. The fourth-order valence-corrected chi connectivity index (χ4v) is 1.57. The van der Waals surface area contributed by atoms with Crippen molar-refractivity contribution < 1.29 is 30.7 Å². The molecule has 0 aromatic heterocycles. The average molecular weight is 243 g/mol. The van der Waals surface area contributed by atoms with Gasteiger partial charge in [-0.1, -0.05) is 0 Å². The van der Waals surface area contributed by atoms with Crippen LogP contribution in [0.1, 0.15) is 13.8 Å². The van der Waals surface area contributed by atoms with Gasteiger partial charge in [0.2, 0.25) is 0 Å². The van der Waals surface area contributed by atoms with E-state index >= 15 is 0 Å². The van der Waals surface area contributed by atoms with Gasteiger partial charge in [-0.25, -0.2) is 0 Å². The van der Waals surface area contributed by atoms with Crippen LogP contribution in [-0.4, -0.2) is 21.4 Å². The Hall–Kier alpha value is 0.200. The molecule has 9 heavy (non-hydrogen) atoms. The molecule has 0 aromatic carbocycles. The van der Waals surface area contributed by atoms with Crippen LogP contribution in [0.2, 0.25) is 0 Å². The zero-order valence-electron chi connectivity index (χ0n) is 5.82. The summed E-state index contributed by atoms with van der Waals surface area (Å²) in [5, 5.41) is 0. The van der Waals surface area contributed by atoms with Crippen molar-refractivity contribution in [1.82, 2.24) is 0 Å². The molecule has 0 heterocycles. The Balaban J connectivity index is 3.06. The van der Waals surface area contributed by atoms with Gasteiger partial charge in [0.15, 0.2) is 0 Å². The molecule has 0 radical (unpaired) electrons. The number of halogens is 1. The Morgan fingerprint density at radius 1 is 1.56 bits per heavy atom. The maximum absolute atomic E-state index is 10.6. The first-order valence-electron chi connectivity index (χ1n) is 3.00. The summed E-state index contributed by atoms with van der Waals surface area (Å²) >= 11 is 0.101. The van der Waals surface area contributed by atoms with Gasteiger partial charge >= 0.3 is 66.0 Å². The Labute approximate surface area is 66.2 Å². The van der Waals surface area contributed by atoms with E-state index in [1.807, 2.05) is 6.92 Å². The Morgan fingerprint density at radius 3 is 2.67 bits per heavy atom. The van der Waals surface area contributed by atoms with E-state index in [1.54, 1.807) is 0 Å². The molecule has 0 unspecified atom stereocenters. The third-order valence-corrected chi connectivity index (χ3v) is 2.94. The zero-order valence-corrected chi connectivity index (χ0v) is 7.97. The summed E-state index contributed by atoms with van der Waals surface area (Å²) in [5.74, 6) is -0.0212. The predicted molar refractivity (Wildman–Crippen MR) is 32.0 cm³/mol. The summed E-state index contributed by atoms with van der Waals surface area (Å²) in [4.78, 5) is 10.6. The average Bonchev–Trinajstić information content (AvgIpc) is 1.85. The molecule has 0 bridgehead atoms. The van der Waals surface area contributed by atoms with E-state index in [1.165, 1.54) is 0 Å². The molecule has 0 N–H and O–H groups in total. The van der Waals surface area contributed by atoms with E-state index in [4.69, 9.17) is 4.74 Å². The topological polar surface area (TPSA) is 26.3 Å². The van der Waals surface area contributed by atoms with E-state index in [2.05, 4.69) is 6.92 Å². The summed E-state index contributed by atoms with van der Waals surface area (Å²) in [6.07, 6.45) is 0. The molecule has 0 aliphatic heterocycles. The second kappa shape index (κ2) is 6.32. The number of hydrogen-bond acceptors (Lipinski definition) is 2. The van der Waals surface area contributed by atoms with Crippen LogP contribution < -0.4 is 21.2 Å². The molecule has 0 aliphatic carbocycles. The van der Waals surface area contributed by atoms with E-state index < -0.39 is 0 Å². The third kappa shape index (κ3) is 6.08. The van der Waals surface area contributed by atoms with Crippen LogP contribution in [0, 0.1) is 0 Å². The van der Waals surface area contributed by atoms with Crippen LogP contribution in [0.4, 0.5) is 0 Å². The van der Waals surface area contributed by atoms with Gasteiger partial charge in [-0.2, -0.15) is 0 Å². The fourth-order valence-electron chi connectivity index (χ4n) is 0.371. The molecule has 56 valence electrons. The van der Waals surface area contributed by atoms with E-state index in [-0.39, 0.29) is 27.2 Å². The third-order valence-electron chi connectivity index (χ3n) is 0.698. The SMILES string of the molecule is CCOC(=O)C[I-]CC. The summed E-state index contributed by atoms with van der Waals surface area (Å²) < 4.78 is 6.58. The van der Waals surface area contributed by atoms with Gasteiger partial charge in [-0.15, -0.1) is 0 Å². The van der Waals surface area contributed by atoms with Crippen molar-refractivity contribution >= 4 is 5.97 Å². The Morgan fingerprint density at radius 2 is 2.22 bits per heavy atom. The van der Waals surface area contributed by atoms with Crippen molar-refractivity contribution in [2.45, 2.75) is 13.8 Å². The molecule has 2 nitrogen and oxygen atoms in total. The second-order valence-corrected chi connectivity index (χ2v) is 4.76. The molecule has 3 heteroatoms. The molecule has 0 saturated carbocycles. The Bertz CT molecular complexity index is 83.1. The van der Waals surface area contributed by atoms with Crippen LogP contribution in [0.15, 0.2) is 0 Å². The fraction of sp³-hybridized carbons (Fsp3) is 0.833. The molecule has 0 rings (SSSR count). The minimum absolute atomic E-state index is 0.0212. The monoisotopic (exact) mass is 243 g/mol. The van der Waals surface area contributed by atoms with Gasteiger partial charge < -0.3 is 0 Å². The molecule has 0 amide bonds. The zero-order chi connectivity index (χ0) is 7.11. The Kier molecular flexibility index (Phi) is 6.46. The molecule has 0 aromatic rings. The molecule has 0 saturated heterocycles. The summed E-state index contributed by atoms with van der Waals surface area (Å²) in [6.45, 7) is 4.46. The molecular weight excluding hydrogens is 231 g/mol. The first kappa shape index (κ1) is 9.20. The van der Waals surface area contributed by atoms with E-state index in [0.29, 0.717) is 11.0 Å². The van der Waals surface area contributed by atoms with Crippen molar-refractivity contribution in [3.63, 3.8) is 0 Å². The van der Waals surface area contributed by atoms with Crippen LogP contribution in [0.3, 0.4) is 0 Å². The van der Waals surface area contributed by atoms with E-state index in [0.717, 1.165) is 4.43 Å². The summed E-state index contributed by atoms with van der Waals surface area (Å²) in [6, 6.07) is 0.